The molecule has 0 N–H and O–H groups in total. The molecule has 0 radical (unpaired) electrons. The molecule has 4 aromatic carbocycles. The molecule has 2 aliphatic rings. The van der Waals surface area contributed by atoms with E-state index < -0.39 is 5.79 Å². The molecule has 2 saturated heterocycles. The lowest BCUT2D eigenvalue weighted by Crippen LogP contribution is -2.69. The lowest BCUT2D eigenvalue weighted by molar-refractivity contribution is -0.402. The summed E-state index contributed by atoms with van der Waals surface area (Å²) in [6.45, 7) is 2.90. The summed E-state index contributed by atoms with van der Waals surface area (Å²) in [5.41, 5.74) is 2.15. The highest BCUT2D eigenvalue weighted by Crippen LogP contribution is 2.63. The van der Waals surface area contributed by atoms with Crippen molar-refractivity contribution in [3.8, 4) is 5.75 Å². The third kappa shape index (κ3) is 2.55. The van der Waals surface area contributed by atoms with Crippen molar-refractivity contribution < 1.29 is 14.2 Å². The van der Waals surface area contributed by atoms with E-state index >= 15 is 0 Å². The van der Waals surface area contributed by atoms with E-state index in [1.54, 1.807) is 7.11 Å². The van der Waals surface area contributed by atoms with Gasteiger partial charge in [0.25, 0.3) is 0 Å². The molecule has 0 spiro atoms. The Bertz CT molecular complexity index is 1300. The average Bonchev–Trinajstić information content (AvgIpc) is 3.00. The number of hydrogen-bond acceptors (Lipinski definition) is 3. The van der Waals surface area contributed by atoms with E-state index in [2.05, 4.69) is 85.8 Å². The average molecular weight is 425 g/mol. The molecule has 3 atom stereocenters. The van der Waals surface area contributed by atoms with Crippen LogP contribution in [0.25, 0.3) is 21.5 Å². The fraction of sp³-hybridized carbons (Fsp3) is 0.310. The van der Waals surface area contributed by atoms with Gasteiger partial charge in [-0.2, -0.15) is 0 Å². The molecule has 3 nitrogen and oxygen atoms in total. The van der Waals surface area contributed by atoms with E-state index in [4.69, 9.17) is 14.2 Å². The SMILES string of the molecule is COc1ccc([C@@]23CCCCO[C@]2(c2cc4ccccc4c4ccccc24)O[C@@H]3C)cc1. The Morgan fingerprint density at radius 3 is 2.31 bits per heavy atom. The second-order valence-corrected chi connectivity index (χ2v) is 9.07. The Labute approximate surface area is 188 Å². The molecule has 32 heavy (non-hydrogen) atoms. The fourth-order valence-electron chi connectivity index (χ4n) is 6.08. The predicted octanol–water partition coefficient (Wildman–Crippen LogP) is 6.71. The van der Waals surface area contributed by atoms with Gasteiger partial charge in [0.05, 0.1) is 25.2 Å². The topological polar surface area (TPSA) is 27.7 Å². The molecule has 2 aliphatic heterocycles. The summed E-state index contributed by atoms with van der Waals surface area (Å²) in [6, 6.07) is 28.1. The van der Waals surface area contributed by atoms with E-state index in [0.29, 0.717) is 6.61 Å². The molecule has 0 amide bonds. The molecular weight excluding hydrogens is 396 g/mol. The van der Waals surface area contributed by atoms with E-state index in [0.717, 1.165) is 30.6 Å². The minimum Gasteiger partial charge on any atom is -0.497 e. The maximum Gasteiger partial charge on any atom is 0.208 e. The standard InChI is InChI=1S/C29H28O3/c1-20-28(22-13-15-23(30-2)16-14-22)17-7-8-18-31-29(28,32-20)27-19-21-9-3-4-10-24(21)25-11-5-6-12-26(25)27/h3-6,9-16,19-20H,7-8,17-18H2,1-2H3/t20-,28+,29-/m1/s1. The predicted molar refractivity (Wildman–Crippen MR) is 128 cm³/mol. The summed E-state index contributed by atoms with van der Waals surface area (Å²) in [5.74, 6) is 0.0653. The summed E-state index contributed by atoms with van der Waals surface area (Å²) >= 11 is 0. The zero-order chi connectivity index (χ0) is 21.8. The Kier molecular flexibility index (Phi) is 4.53. The van der Waals surface area contributed by atoms with Crippen LogP contribution in [0.4, 0.5) is 0 Å². The van der Waals surface area contributed by atoms with Gasteiger partial charge in [0.15, 0.2) is 0 Å². The van der Waals surface area contributed by atoms with Gasteiger partial charge in [-0.1, -0.05) is 60.7 Å². The third-order valence-corrected chi connectivity index (χ3v) is 7.62. The molecule has 0 saturated carbocycles. The van der Waals surface area contributed by atoms with Crippen LogP contribution in [0, 0.1) is 0 Å². The van der Waals surface area contributed by atoms with Crippen molar-refractivity contribution in [1.82, 2.24) is 0 Å². The minimum atomic E-state index is -0.804. The van der Waals surface area contributed by atoms with Gasteiger partial charge in [-0.15, -0.1) is 0 Å². The zero-order valence-corrected chi connectivity index (χ0v) is 18.6. The highest BCUT2D eigenvalue weighted by Gasteiger charge is 2.69. The molecule has 0 unspecified atom stereocenters. The maximum absolute atomic E-state index is 6.76. The van der Waals surface area contributed by atoms with E-state index in [9.17, 15) is 0 Å². The first-order valence-corrected chi connectivity index (χ1v) is 11.6. The maximum atomic E-state index is 6.76. The van der Waals surface area contributed by atoms with Crippen LogP contribution in [0.2, 0.25) is 0 Å². The second kappa shape index (κ2) is 7.33. The highest BCUT2D eigenvalue weighted by atomic mass is 16.7. The number of benzene rings is 4. The van der Waals surface area contributed by atoms with Gasteiger partial charge in [-0.05, 0) is 71.5 Å². The molecule has 2 heterocycles. The van der Waals surface area contributed by atoms with Crippen LogP contribution < -0.4 is 4.74 Å². The smallest absolute Gasteiger partial charge is 0.208 e. The van der Waals surface area contributed by atoms with Gasteiger partial charge in [-0.3, -0.25) is 0 Å². The van der Waals surface area contributed by atoms with Crippen molar-refractivity contribution in [1.29, 1.82) is 0 Å². The Balaban J connectivity index is 1.65. The highest BCUT2D eigenvalue weighted by molar-refractivity contribution is 6.09. The summed E-state index contributed by atoms with van der Waals surface area (Å²) in [4.78, 5) is 0. The number of ether oxygens (including phenoxy) is 3. The van der Waals surface area contributed by atoms with Crippen LogP contribution >= 0.6 is 0 Å². The molecule has 0 aromatic heterocycles. The van der Waals surface area contributed by atoms with Crippen LogP contribution in [0.5, 0.6) is 5.75 Å². The fourth-order valence-corrected chi connectivity index (χ4v) is 6.08. The van der Waals surface area contributed by atoms with Gasteiger partial charge in [0.2, 0.25) is 5.79 Å². The quantitative estimate of drug-likeness (QED) is 0.342. The normalized spacial score (nSPS) is 27.5. The first-order chi connectivity index (χ1) is 15.7. The van der Waals surface area contributed by atoms with Crippen LogP contribution in [-0.2, 0) is 20.7 Å². The van der Waals surface area contributed by atoms with Crippen molar-refractivity contribution in [3.05, 3.63) is 90.0 Å². The zero-order valence-electron chi connectivity index (χ0n) is 18.6. The Morgan fingerprint density at radius 2 is 1.56 bits per heavy atom. The lowest BCUT2D eigenvalue weighted by atomic mass is 9.60. The van der Waals surface area contributed by atoms with Crippen LogP contribution in [0.15, 0.2) is 78.9 Å². The van der Waals surface area contributed by atoms with Crippen molar-refractivity contribution >= 4 is 21.5 Å². The molecule has 0 aliphatic carbocycles. The third-order valence-electron chi connectivity index (χ3n) is 7.62. The number of rotatable bonds is 3. The van der Waals surface area contributed by atoms with Gasteiger partial charge in [0.1, 0.15) is 5.75 Å². The summed E-state index contributed by atoms with van der Waals surface area (Å²) in [6.07, 6.45) is 3.25. The van der Waals surface area contributed by atoms with Gasteiger partial charge in [-0.25, -0.2) is 0 Å². The van der Waals surface area contributed by atoms with Crippen molar-refractivity contribution in [2.75, 3.05) is 13.7 Å². The largest absolute Gasteiger partial charge is 0.497 e. The number of hydrogen-bond donors (Lipinski definition) is 0. The molecule has 0 bridgehead atoms. The monoisotopic (exact) mass is 424 g/mol. The van der Waals surface area contributed by atoms with Crippen molar-refractivity contribution in [2.45, 2.75) is 43.5 Å². The summed E-state index contributed by atoms with van der Waals surface area (Å²) in [7, 11) is 1.71. The van der Waals surface area contributed by atoms with E-state index in [1.165, 1.54) is 27.1 Å². The van der Waals surface area contributed by atoms with Gasteiger partial charge >= 0.3 is 0 Å². The van der Waals surface area contributed by atoms with E-state index in [-0.39, 0.29) is 11.5 Å². The van der Waals surface area contributed by atoms with Crippen LogP contribution in [0.3, 0.4) is 0 Å². The summed E-state index contributed by atoms with van der Waals surface area (Å²) < 4.78 is 18.9. The molecule has 4 aromatic rings. The van der Waals surface area contributed by atoms with Gasteiger partial charge in [0, 0.05) is 5.56 Å². The molecule has 162 valence electrons. The first-order valence-electron chi connectivity index (χ1n) is 11.6. The van der Waals surface area contributed by atoms with Gasteiger partial charge < -0.3 is 14.2 Å². The number of methoxy groups -OCH3 is 1. The lowest BCUT2D eigenvalue weighted by Gasteiger charge is -2.62. The van der Waals surface area contributed by atoms with Crippen molar-refractivity contribution in [3.63, 3.8) is 0 Å². The number of fused-ring (bicyclic) bond motifs is 4. The minimum absolute atomic E-state index is 0.0548. The van der Waals surface area contributed by atoms with E-state index in [1.807, 2.05) is 0 Å². The first kappa shape index (κ1) is 19.8. The molecule has 2 fully saturated rings. The Morgan fingerprint density at radius 1 is 0.844 bits per heavy atom. The van der Waals surface area contributed by atoms with Crippen molar-refractivity contribution in [2.24, 2.45) is 0 Å². The second-order valence-electron chi connectivity index (χ2n) is 9.07. The molecule has 6 rings (SSSR count). The summed E-state index contributed by atoms with van der Waals surface area (Å²) in [5, 5.41) is 4.93. The molecule has 3 heteroatoms. The Hall–Kier alpha value is -2.88. The van der Waals surface area contributed by atoms with Crippen LogP contribution in [-0.4, -0.2) is 19.8 Å². The molecular formula is C29H28O3. The van der Waals surface area contributed by atoms with Crippen LogP contribution in [0.1, 0.15) is 37.3 Å².